The molecule has 0 saturated heterocycles. The molecule has 1 N–H and O–H groups in total. The van der Waals surface area contributed by atoms with Gasteiger partial charge in [0.2, 0.25) is 0 Å². The minimum atomic E-state index is 0. The number of methoxy groups -OCH3 is 1. The summed E-state index contributed by atoms with van der Waals surface area (Å²) in [4.78, 5) is 0. The summed E-state index contributed by atoms with van der Waals surface area (Å²) in [5, 5.41) is 8.68. The maximum absolute atomic E-state index is 8.68. The van der Waals surface area contributed by atoms with Crippen molar-refractivity contribution in [3.05, 3.63) is 29.8 Å². The van der Waals surface area contributed by atoms with Gasteiger partial charge in [-0.3, -0.25) is 0 Å². The third-order valence-corrected chi connectivity index (χ3v) is 1.57. The zero-order chi connectivity index (χ0) is 8.10. The average Bonchev–Trinajstić information content (AvgIpc) is 2.06. The largest absolute Gasteiger partial charge is 3.00 e. The standard InChI is InChI=1S/C9H12O2.Al.Li.4H/c1-11-9-5-3-2-4-8(9)6-7-10;;;;;;/h2-5,10H,6-7H2,1H3;;;;;;/q;+3;+1;4*-1. The van der Waals surface area contributed by atoms with E-state index in [1.165, 1.54) is 0 Å². The number of aliphatic hydroxyl groups excluding tert-OH is 1. The predicted octanol–water partition coefficient (Wildman–Crippen LogP) is -1.70. The summed E-state index contributed by atoms with van der Waals surface area (Å²) in [5.74, 6) is 0.849. The van der Waals surface area contributed by atoms with Crippen LogP contribution < -0.4 is 23.6 Å². The van der Waals surface area contributed by atoms with Crippen LogP contribution in [-0.2, 0) is 6.42 Å². The van der Waals surface area contributed by atoms with Gasteiger partial charge in [0.15, 0.2) is 0 Å². The maximum Gasteiger partial charge on any atom is 3.00 e. The minimum absolute atomic E-state index is 0. The number of ether oxygens (including phenoxy) is 1. The van der Waals surface area contributed by atoms with E-state index in [1.807, 2.05) is 24.3 Å². The molecule has 68 valence electrons. The van der Waals surface area contributed by atoms with E-state index >= 15 is 0 Å². The quantitative estimate of drug-likeness (QED) is 0.576. The van der Waals surface area contributed by atoms with Crippen molar-refractivity contribution in [1.29, 1.82) is 0 Å². The van der Waals surface area contributed by atoms with Crippen molar-refractivity contribution in [2.24, 2.45) is 0 Å². The second kappa shape index (κ2) is 8.70. The Kier molecular flexibility index (Phi) is 10.4. The maximum atomic E-state index is 8.68. The molecule has 0 aliphatic rings. The Bertz CT molecular complexity index is 244. The molecule has 0 fully saturated rings. The third kappa shape index (κ3) is 4.77. The zero-order valence-electron chi connectivity index (χ0n) is 12.2. The van der Waals surface area contributed by atoms with Gasteiger partial charge in [-0.2, -0.15) is 0 Å². The molecule has 1 aromatic carbocycles. The molecule has 1 aromatic rings. The first kappa shape index (κ1) is 15.6. The number of para-hydroxylation sites is 1. The average molecular weight is 190 g/mol. The van der Waals surface area contributed by atoms with E-state index in [4.69, 9.17) is 9.84 Å². The summed E-state index contributed by atoms with van der Waals surface area (Å²) >= 11 is 0. The molecule has 0 amide bonds. The van der Waals surface area contributed by atoms with Crippen molar-refractivity contribution in [1.82, 2.24) is 0 Å². The van der Waals surface area contributed by atoms with Crippen LogP contribution in [0, 0.1) is 0 Å². The molecule has 0 atom stereocenters. The van der Waals surface area contributed by atoms with Gasteiger partial charge in [0.05, 0.1) is 7.11 Å². The van der Waals surface area contributed by atoms with Crippen molar-refractivity contribution < 1.29 is 34.4 Å². The van der Waals surface area contributed by atoms with E-state index < -0.39 is 0 Å². The van der Waals surface area contributed by atoms with Gasteiger partial charge in [0.25, 0.3) is 0 Å². The molecule has 2 nitrogen and oxygen atoms in total. The molecule has 0 aliphatic heterocycles. The van der Waals surface area contributed by atoms with Crippen molar-refractivity contribution in [3.63, 3.8) is 0 Å². The summed E-state index contributed by atoms with van der Waals surface area (Å²) in [5.41, 5.74) is 1.05. The number of aliphatic hydroxyl groups is 1. The first-order chi connectivity index (χ1) is 5.38. The van der Waals surface area contributed by atoms with E-state index in [-0.39, 0.29) is 48.5 Å². The Morgan fingerprint density at radius 1 is 1.38 bits per heavy atom. The van der Waals surface area contributed by atoms with Crippen LogP contribution in [0.25, 0.3) is 0 Å². The molecule has 0 heterocycles. The Hall–Kier alpha value is 0.110. The van der Waals surface area contributed by atoms with E-state index in [9.17, 15) is 0 Å². The fourth-order valence-electron chi connectivity index (χ4n) is 1.03. The molecule has 0 bridgehead atoms. The van der Waals surface area contributed by atoms with E-state index in [1.54, 1.807) is 7.11 Å². The first-order valence-corrected chi connectivity index (χ1v) is 3.61. The second-order valence-corrected chi connectivity index (χ2v) is 2.29. The molecular formula is C9H16AlLiO2. The van der Waals surface area contributed by atoms with Crippen LogP contribution in [-0.4, -0.2) is 36.2 Å². The van der Waals surface area contributed by atoms with Gasteiger partial charge in [-0.1, -0.05) is 18.2 Å². The zero-order valence-corrected chi connectivity index (χ0v) is 9.31. The fraction of sp³-hybridized carbons (Fsp3) is 0.333. The van der Waals surface area contributed by atoms with Crippen LogP contribution in [0.2, 0.25) is 0 Å². The predicted molar refractivity (Wildman–Crippen MR) is 54.0 cm³/mol. The van der Waals surface area contributed by atoms with Gasteiger partial charge < -0.3 is 15.5 Å². The molecule has 0 spiro atoms. The van der Waals surface area contributed by atoms with Gasteiger partial charge in [-0.15, -0.1) is 0 Å². The van der Waals surface area contributed by atoms with Gasteiger partial charge in [-0.25, -0.2) is 0 Å². The molecule has 0 aliphatic carbocycles. The number of benzene rings is 1. The van der Waals surface area contributed by atoms with Crippen molar-refractivity contribution in [2.45, 2.75) is 6.42 Å². The van der Waals surface area contributed by atoms with Crippen molar-refractivity contribution >= 4 is 17.4 Å². The number of hydrogen-bond donors (Lipinski definition) is 1. The number of rotatable bonds is 3. The summed E-state index contributed by atoms with van der Waals surface area (Å²) in [6.45, 7) is 0.167. The summed E-state index contributed by atoms with van der Waals surface area (Å²) in [6.07, 6.45) is 0.657. The van der Waals surface area contributed by atoms with Crippen LogP contribution in [0.5, 0.6) is 5.75 Å². The third-order valence-electron chi connectivity index (χ3n) is 1.57. The van der Waals surface area contributed by atoms with Gasteiger partial charge in [-0.05, 0) is 18.1 Å². The van der Waals surface area contributed by atoms with Gasteiger partial charge in [0, 0.05) is 6.61 Å². The fourth-order valence-corrected chi connectivity index (χ4v) is 1.03. The molecule has 1 rings (SSSR count). The van der Waals surface area contributed by atoms with Gasteiger partial charge >= 0.3 is 36.2 Å². The van der Waals surface area contributed by atoms with Crippen LogP contribution in [0.1, 0.15) is 11.3 Å². The van der Waals surface area contributed by atoms with Crippen LogP contribution in [0.3, 0.4) is 0 Å². The van der Waals surface area contributed by atoms with Crippen LogP contribution in [0.4, 0.5) is 0 Å². The molecule has 0 aromatic heterocycles. The molecular weight excluding hydrogens is 174 g/mol. The van der Waals surface area contributed by atoms with Crippen LogP contribution in [0.15, 0.2) is 24.3 Å². The second-order valence-electron chi connectivity index (χ2n) is 2.29. The summed E-state index contributed by atoms with van der Waals surface area (Å²) < 4.78 is 5.09. The summed E-state index contributed by atoms with van der Waals surface area (Å²) in [6, 6.07) is 7.70. The molecule has 13 heavy (non-hydrogen) atoms. The molecule has 4 heteroatoms. The smallest absolute Gasteiger partial charge is 1.00 e. The Labute approximate surface area is 108 Å². The Balaban J connectivity index is -0.0000000504. The minimum Gasteiger partial charge on any atom is -1.00 e. The van der Waals surface area contributed by atoms with E-state index in [0.29, 0.717) is 6.42 Å². The normalized spacial score (nSPS) is 8.15. The monoisotopic (exact) mass is 190 g/mol. The number of hydrogen-bond acceptors (Lipinski definition) is 2. The van der Waals surface area contributed by atoms with Crippen molar-refractivity contribution in [2.75, 3.05) is 13.7 Å². The summed E-state index contributed by atoms with van der Waals surface area (Å²) in [7, 11) is 1.64. The first-order valence-electron chi connectivity index (χ1n) is 3.61. The van der Waals surface area contributed by atoms with Gasteiger partial charge in [0.1, 0.15) is 5.75 Å². The molecule has 0 radical (unpaired) electrons. The topological polar surface area (TPSA) is 29.5 Å². The van der Waals surface area contributed by atoms with Crippen LogP contribution >= 0.6 is 0 Å². The molecule has 0 saturated carbocycles. The van der Waals surface area contributed by atoms with Crippen molar-refractivity contribution in [3.8, 4) is 5.75 Å². The molecule has 0 unspecified atom stereocenters. The van der Waals surface area contributed by atoms with E-state index in [0.717, 1.165) is 11.3 Å². The van der Waals surface area contributed by atoms with E-state index in [2.05, 4.69) is 0 Å². The Morgan fingerprint density at radius 3 is 2.54 bits per heavy atom. The Morgan fingerprint density at radius 2 is 2.00 bits per heavy atom. The SMILES string of the molecule is COc1ccccc1CCO.[Al+3].[H-].[H-].[H-].[H-].[Li+].